The molecule has 1 heterocycles. The van der Waals surface area contributed by atoms with Crippen LogP contribution in [0.25, 0.3) is 0 Å². The van der Waals surface area contributed by atoms with Crippen molar-refractivity contribution in [2.75, 3.05) is 11.5 Å². The summed E-state index contributed by atoms with van der Waals surface area (Å²) < 4.78 is 2.06. The quantitative estimate of drug-likeness (QED) is 0.723. The molecular formula is C11H21N3S. The first-order valence-corrected chi connectivity index (χ1v) is 6.69. The van der Waals surface area contributed by atoms with Crippen molar-refractivity contribution in [2.45, 2.75) is 32.2 Å². The predicted octanol–water partition coefficient (Wildman–Crippen LogP) is 1.82. The maximum Gasteiger partial charge on any atom is 0.108 e. The number of nitrogens with zero attached hydrogens (tertiary/aromatic N) is 2. The molecule has 2 N–H and O–H groups in total. The average molecular weight is 227 g/mol. The molecule has 0 saturated heterocycles. The number of nitrogens with two attached hydrogens (primary N) is 1. The number of aromatic nitrogens is 2. The summed E-state index contributed by atoms with van der Waals surface area (Å²) >= 11 is 1.95. The lowest BCUT2D eigenvalue weighted by Gasteiger charge is -2.10. The van der Waals surface area contributed by atoms with Crippen LogP contribution in [0.4, 0.5) is 0 Å². The first-order chi connectivity index (χ1) is 7.24. The van der Waals surface area contributed by atoms with Crippen molar-refractivity contribution in [3.63, 3.8) is 0 Å². The van der Waals surface area contributed by atoms with E-state index in [1.54, 1.807) is 0 Å². The van der Waals surface area contributed by atoms with Gasteiger partial charge < -0.3 is 10.3 Å². The first kappa shape index (κ1) is 12.6. The van der Waals surface area contributed by atoms with E-state index in [-0.39, 0.29) is 0 Å². The zero-order chi connectivity index (χ0) is 11.1. The third kappa shape index (κ3) is 4.71. The minimum atomic E-state index is 0.304. The average Bonchev–Trinajstić information content (AvgIpc) is 2.61. The Bertz CT molecular complexity index is 273. The van der Waals surface area contributed by atoms with Gasteiger partial charge in [0.05, 0.1) is 0 Å². The Morgan fingerprint density at radius 3 is 3.00 bits per heavy atom. The van der Waals surface area contributed by atoms with Crippen LogP contribution in [0.3, 0.4) is 0 Å². The topological polar surface area (TPSA) is 43.8 Å². The number of thioether (sulfide) groups is 1. The van der Waals surface area contributed by atoms with Crippen molar-refractivity contribution >= 4 is 11.8 Å². The van der Waals surface area contributed by atoms with Gasteiger partial charge in [-0.1, -0.05) is 6.92 Å². The van der Waals surface area contributed by atoms with Crippen molar-refractivity contribution in [3.8, 4) is 0 Å². The van der Waals surface area contributed by atoms with Gasteiger partial charge in [-0.05, 0) is 18.6 Å². The van der Waals surface area contributed by atoms with Crippen LogP contribution >= 0.6 is 11.8 Å². The molecule has 15 heavy (non-hydrogen) atoms. The molecule has 0 fully saturated rings. The molecule has 0 aliphatic rings. The van der Waals surface area contributed by atoms with Crippen LogP contribution in [0.15, 0.2) is 12.4 Å². The minimum absolute atomic E-state index is 0.304. The SMILES string of the molecule is CCCSCC(N)CCc1nccn1C. The van der Waals surface area contributed by atoms with Gasteiger partial charge in [0.25, 0.3) is 0 Å². The van der Waals surface area contributed by atoms with Crippen LogP contribution in [-0.2, 0) is 13.5 Å². The van der Waals surface area contributed by atoms with Gasteiger partial charge in [-0.25, -0.2) is 4.98 Å². The molecule has 1 aromatic rings. The molecule has 0 spiro atoms. The number of rotatable bonds is 7. The third-order valence-corrected chi connectivity index (χ3v) is 3.70. The molecule has 1 aromatic heterocycles. The normalized spacial score (nSPS) is 13.0. The van der Waals surface area contributed by atoms with Crippen molar-refractivity contribution in [1.82, 2.24) is 9.55 Å². The second kappa shape index (κ2) is 6.90. The lowest BCUT2D eigenvalue weighted by atomic mass is 10.2. The molecule has 1 atom stereocenters. The van der Waals surface area contributed by atoms with Gasteiger partial charge in [-0.15, -0.1) is 0 Å². The van der Waals surface area contributed by atoms with Gasteiger partial charge in [0.1, 0.15) is 5.82 Å². The molecule has 0 saturated carbocycles. The number of aryl methyl sites for hydroxylation is 2. The van der Waals surface area contributed by atoms with Gasteiger partial charge in [0, 0.05) is 37.7 Å². The van der Waals surface area contributed by atoms with Crippen LogP contribution in [0.2, 0.25) is 0 Å². The van der Waals surface area contributed by atoms with Crippen molar-refractivity contribution in [2.24, 2.45) is 12.8 Å². The van der Waals surface area contributed by atoms with E-state index in [0.717, 1.165) is 24.4 Å². The lowest BCUT2D eigenvalue weighted by molar-refractivity contribution is 0.639. The molecule has 1 rings (SSSR count). The van der Waals surface area contributed by atoms with Gasteiger partial charge in [-0.2, -0.15) is 11.8 Å². The lowest BCUT2D eigenvalue weighted by Crippen LogP contribution is -2.24. The fourth-order valence-corrected chi connectivity index (χ4v) is 2.34. The zero-order valence-corrected chi connectivity index (χ0v) is 10.5. The van der Waals surface area contributed by atoms with Crippen LogP contribution < -0.4 is 5.73 Å². The van der Waals surface area contributed by atoms with Crippen LogP contribution in [-0.4, -0.2) is 27.1 Å². The van der Waals surface area contributed by atoms with Gasteiger partial charge in [-0.3, -0.25) is 0 Å². The Hall–Kier alpha value is -0.480. The van der Waals surface area contributed by atoms with E-state index in [9.17, 15) is 0 Å². The Kier molecular flexibility index (Phi) is 5.79. The maximum absolute atomic E-state index is 6.02. The van der Waals surface area contributed by atoms with Crippen LogP contribution in [0.1, 0.15) is 25.6 Å². The van der Waals surface area contributed by atoms with E-state index in [1.165, 1.54) is 12.2 Å². The summed E-state index contributed by atoms with van der Waals surface area (Å²) in [6.07, 6.45) is 7.06. The van der Waals surface area contributed by atoms with Crippen molar-refractivity contribution in [1.29, 1.82) is 0 Å². The van der Waals surface area contributed by atoms with Gasteiger partial charge in [0.2, 0.25) is 0 Å². The third-order valence-electron chi connectivity index (χ3n) is 2.34. The molecule has 86 valence electrons. The van der Waals surface area contributed by atoms with E-state index in [1.807, 2.05) is 31.2 Å². The Morgan fingerprint density at radius 1 is 1.60 bits per heavy atom. The van der Waals surface area contributed by atoms with E-state index in [2.05, 4.69) is 16.5 Å². The molecule has 0 aliphatic heterocycles. The Balaban J connectivity index is 2.16. The standard InChI is InChI=1S/C11H21N3S/c1-3-8-15-9-10(12)4-5-11-13-6-7-14(11)2/h6-7,10H,3-5,8-9,12H2,1-2H3. The van der Waals surface area contributed by atoms with Crippen molar-refractivity contribution in [3.05, 3.63) is 18.2 Å². The minimum Gasteiger partial charge on any atom is -0.338 e. The molecule has 0 amide bonds. The molecule has 0 aromatic carbocycles. The largest absolute Gasteiger partial charge is 0.338 e. The molecule has 0 aliphatic carbocycles. The summed E-state index contributed by atoms with van der Waals surface area (Å²) in [4.78, 5) is 4.28. The summed E-state index contributed by atoms with van der Waals surface area (Å²) in [6.45, 7) is 2.20. The highest BCUT2D eigenvalue weighted by molar-refractivity contribution is 7.99. The van der Waals surface area contributed by atoms with Crippen LogP contribution in [0, 0.1) is 0 Å². The van der Waals surface area contributed by atoms with E-state index in [0.29, 0.717) is 6.04 Å². The second-order valence-electron chi connectivity index (χ2n) is 3.83. The molecule has 1 unspecified atom stereocenters. The van der Waals surface area contributed by atoms with Gasteiger partial charge >= 0.3 is 0 Å². The van der Waals surface area contributed by atoms with E-state index in [4.69, 9.17) is 5.73 Å². The zero-order valence-electron chi connectivity index (χ0n) is 9.65. The maximum atomic E-state index is 6.02. The fourth-order valence-electron chi connectivity index (χ4n) is 1.41. The van der Waals surface area contributed by atoms with E-state index < -0.39 is 0 Å². The second-order valence-corrected chi connectivity index (χ2v) is 4.98. The summed E-state index contributed by atoms with van der Waals surface area (Å²) in [7, 11) is 2.03. The van der Waals surface area contributed by atoms with Gasteiger partial charge in [0.15, 0.2) is 0 Å². The first-order valence-electron chi connectivity index (χ1n) is 5.53. The Morgan fingerprint density at radius 2 is 2.40 bits per heavy atom. The monoisotopic (exact) mass is 227 g/mol. The summed E-state index contributed by atoms with van der Waals surface area (Å²) in [5.41, 5.74) is 6.02. The molecular weight excluding hydrogens is 206 g/mol. The van der Waals surface area contributed by atoms with Crippen LogP contribution in [0.5, 0.6) is 0 Å². The highest BCUT2D eigenvalue weighted by Gasteiger charge is 2.05. The molecule has 3 nitrogen and oxygen atoms in total. The number of imidazole rings is 1. The molecule has 4 heteroatoms. The number of hydrogen-bond acceptors (Lipinski definition) is 3. The fraction of sp³-hybridized carbons (Fsp3) is 0.727. The predicted molar refractivity (Wildman–Crippen MR) is 67.1 cm³/mol. The summed E-state index contributed by atoms with van der Waals surface area (Å²) in [6, 6.07) is 0.304. The Labute approximate surface area is 96.5 Å². The molecule has 0 radical (unpaired) electrons. The smallest absolute Gasteiger partial charge is 0.108 e. The number of hydrogen-bond donors (Lipinski definition) is 1. The van der Waals surface area contributed by atoms with Crippen molar-refractivity contribution < 1.29 is 0 Å². The highest BCUT2D eigenvalue weighted by atomic mass is 32.2. The molecule has 0 bridgehead atoms. The highest BCUT2D eigenvalue weighted by Crippen LogP contribution is 2.08. The van der Waals surface area contributed by atoms with E-state index >= 15 is 0 Å². The summed E-state index contributed by atoms with van der Waals surface area (Å²) in [5.74, 6) is 3.42. The summed E-state index contributed by atoms with van der Waals surface area (Å²) in [5, 5.41) is 0.